The molecular formula is C12H13BrClN3O. The first kappa shape index (κ1) is 13.5. The van der Waals surface area contributed by atoms with Gasteiger partial charge in [0.1, 0.15) is 0 Å². The van der Waals surface area contributed by atoms with Crippen LogP contribution in [0, 0.1) is 0 Å². The van der Waals surface area contributed by atoms with Gasteiger partial charge in [-0.05, 0) is 47.6 Å². The molecule has 1 aromatic carbocycles. The summed E-state index contributed by atoms with van der Waals surface area (Å²) in [5.74, 6) is 1.06. The fourth-order valence-corrected chi connectivity index (χ4v) is 2.43. The minimum Gasteiger partial charge on any atom is -0.419 e. The van der Waals surface area contributed by atoms with Gasteiger partial charge < -0.3 is 9.73 Å². The highest BCUT2D eigenvalue weighted by atomic mass is 79.9. The van der Waals surface area contributed by atoms with E-state index in [0.717, 1.165) is 16.6 Å². The molecule has 0 bridgehead atoms. The van der Waals surface area contributed by atoms with Crippen LogP contribution < -0.4 is 5.32 Å². The summed E-state index contributed by atoms with van der Waals surface area (Å²) in [5, 5.41) is 12.0. The largest absolute Gasteiger partial charge is 0.419 e. The predicted molar refractivity (Wildman–Crippen MR) is 74.5 cm³/mol. The van der Waals surface area contributed by atoms with Crippen LogP contribution in [0.4, 0.5) is 0 Å². The zero-order valence-electron chi connectivity index (χ0n) is 10.1. The van der Waals surface area contributed by atoms with Gasteiger partial charge in [0.05, 0.1) is 11.6 Å². The molecular weight excluding hydrogens is 318 g/mol. The Labute approximate surface area is 119 Å². The van der Waals surface area contributed by atoms with Crippen LogP contribution in [-0.4, -0.2) is 16.7 Å². The van der Waals surface area contributed by atoms with Gasteiger partial charge in [-0.1, -0.05) is 18.5 Å². The van der Waals surface area contributed by atoms with Crippen molar-refractivity contribution in [2.24, 2.45) is 0 Å². The molecule has 1 aromatic heterocycles. The van der Waals surface area contributed by atoms with Crippen molar-refractivity contribution in [3.05, 3.63) is 33.6 Å². The van der Waals surface area contributed by atoms with E-state index >= 15 is 0 Å². The molecule has 4 nitrogen and oxygen atoms in total. The van der Waals surface area contributed by atoms with E-state index in [1.807, 2.05) is 19.9 Å². The number of benzene rings is 1. The maximum Gasteiger partial charge on any atom is 0.248 e. The Morgan fingerprint density at radius 2 is 2.22 bits per heavy atom. The molecule has 96 valence electrons. The molecule has 0 aliphatic rings. The molecule has 1 N–H and O–H groups in total. The first-order chi connectivity index (χ1) is 8.61. The highest BCUT2D eigenvalue weighted by molar-refractivity contribution is 9.10. The monoisotopic (exact) mass is 329 g/mol. The Bertz CT molecular complexity index is 544. The van der Waals surface area contributed by atoms with Crippen molar-refractivity contribution in [1.29, 1.82) is 0 Å². The van der Waals surface area contributed by atoms with E-state index < -0.39 is 0 Å². The Morgan fingerprint density at radius 3 is 2.89 bits per heavy atom. The molecule has 0 spiro atoms. The van der Waals surface area contributed by atoms with E-state index in [-0.39, 0.29) is 6.04 Å². The van der Waals surface area contributed by atoms with Crippen LogP contribution in [0.25, 0.3) is 11.5 Å². The second-order valence-electron chi connectivity index (χ2n) is 3.85. The van der Waals surface area contributed by atoms with Gasteiger partial charge in [0.2, 0.25) is 11.8 Å². The number of hydrogen-bond donors (Lipinski definition) is 1. The molecule has 1 heterocycles. The summed E-state index contributed by atoms with van der Waals surface area (Å²) >= 11 is 9.33. The van der Waals surface area contributed by atoms with Crippen molar-refractivity contribution in [3.63, 3.8) is 0 Å². The highest BCUT2D eigenvalue weighted by Crippen LogP contribution is 2.30. The van der Waals surface area contributed by atoms with Gasteiger partial charge in [-0.3, -0.25) is 0 Å². The van der Waals surface area contributed by atoms with Crippen LogP contribution in [0.3, 0.4) is 0 Å². The van der Waals surface area contributed by atoms with Gasteiger partial charge in [-0.15, -0.1) is 10.2 Å². The molecule has 1 unspecified atom stereocenters. The van der Waals surface area contributed by atoms with E-state index in [1.54, 1.807) is 12.1 Å². The lowest BCUT2D eigenvalue weighted by molar-refractivity contribution is 0.429. The standard InChI is InChI=1S/C12H13BrClN3O/c1-3-15-7(2)11-16-17-12(18-11)9-5-4-8(14)6-10(9)13/h4-7,15H,3H2,1-2H3. The number of halogens is 2. The molecule has 0 fully saturated rings. The van der Waals surface area contributed by atoms with Crippen LogP contribution in [0.1, 0.15) is 25.8 Å². The molecule has 0 saturated heterocycles. The lowest BCUT2D eigenvalue weighted by Gasteiger charge is -2.06. The smallest absolute Gasteiger partial charge is 0.248 e. The molecule has 2 rings (SSSR count). The van der Waals surface area contributed by atoms with Crippen LogP contribution >= 0.6 is 27.5 Å². The minimum atomic E-state index is 0.0438. The van der Waals surface area contributed by atoms with Crippen LogP contribution in [-0.2, 0) is 0 Å². The summed E-state index contributed by atoms with van der Waals surface area (Å²) in [7, 11) is 0. The lowest BCUT2D eigenvalue weighted by Crippen LogP contribution is -2.17. The number of nitrogens with one attached hydrogen (secondary N) is 1. The molecule has 18 heavy (non-hydrogen) atoms. The highest BCUT2D eigenvalue weighted by Gasteiger charge is 2.15. The van der Waals surface area contributed by atoms with Gasteiger partial charge in [0.25, 0.3) is 0 Å². The summed E-state index contributed by atoms with van der Waals surface area (Å²) in [4.78, 5) is 0. The van der Waals surface area contributed by atoms with Gasteiger partial charge in [-0.2, -0.15) is 0 Å². The van der Waals surface area contributed by atoms with Gasteiger partial charge >= 0.3 is 0 Å². The van der Waals surface area contributed by atoms with Gasteiger partial charge in [0, 0.05) is 9.50 Å². The number of nitrogens with zero attached hydrogens (tertiary/aromatic N) is 2. The summed E-state index contributed by atoms with van der Waals surface area (Å²) in [5.41, 5.74) is 0.835. The van der Waals surface area contributed by atoms with Crippen molar-refractivity contribution in [2.45, 2.75) is 19.9 Å². The summed E-state index contributed by atoms with van der Waals surface area (Å²) in [6.07, 6.45) is 0. The fourth-order valence-electron chi connectivity index (χ4n) is 1.57. The van der Waals surface area contributed by atoms with Crippen LogP contribution in [0.15, 0.2) is 27.1 Å². The van der Waals surface area contributed by atoms with Gasteiger partial charge in [0.15, 0.2) is 0 Å². The average Bonchev–Trinajstić information content (AvgIpc) is 2.78. The Hall–Kier alpha value is -0.910. The third-order valence-electron chi connectivity index (χ3n) is 2.48. The van der Waals surface area contributed by atoms with E-state index in [1.165, 1.54) is 0 Å². The third-order valence-corrected chi connectivity index (χ3v) is 3.37. The van der Waals surface area contributed by atoms with Gasteiger partial charge in [-0.25, -0.2) is 0 Å². The normalized spacial score (nSPS) is 12.7. The maximum atomic E-state index is 5.89. The molecule has 0 amide bonds. The van der Waals surface area contributed by atoms with E-state index in [0.29, 0.717) is 16.8 Å². The van der Waals surface area contributed by atoms with Crippen molar-refractivity contribution >= 4 is 27.5 Å². The average molecular weight is 331 g/mol. The van der Waals surface area contributed by atoms with Crippen LogP contribution in [0.5, 0.6) is 0 Å². The van der Waals surface area contributed by atoms with E-state index in [2.05, 4.69) is 31.4 Å². The van der Waals surface area contributed by atoms with Crippen molar-refractivity contribution < 1.29 is 4.42 Å². The second kappa shape index (κ2) is 5.82. The van der Waals surface area contributed by atoms with E-state index in [9.17, 15) is 0 Å². The molecule has 6 heteroatoms. The summed E-state index contributed by atoms with van der Waals surface area (Å²) < 4.78 is 6.48. The number of aromatic nitrogens is 2. The molecule has 0 radical (unpaired) electrons. The summed E-state index contributed by atoms with van der Waals surface area (Å²) in [6, 6.07) is 5.48. The first-order valence-electron chi connectivity index (χ1n) is 5.64. The van der Waals surface area contributed by atoms with Crippen molar-refractivity contribution in [1.82, 2.24) is 15.5 Å². The SMILES string of the molecule is CCNC(C)c1nnc(-c2ccc(Cl)cc2Br)o1. The fraction of sp³-hybridized carbons (Fsp3) is 0.333. The van der Waals surface area contributed by atoms with Crippen molar-refractivity contribution in [3.8, 4) is 11.5 Å². The van der Waals surface area contributed by atoms with Crippen molar-refractivity contribution in [2.75, 3.05) is 6.54 Å². The Balaban J connectivity index is 2.29. The molecule has 0 saturated carbocycles. The predicted octanol–water partition coefficient (Wildman–Crippen LogP) is 3.82. The maximum absolute atomic E-state index is 5.89. The summed E-state index contributed by atoms with van der Waals surface area (Å²) in [6.45, 7) is 4.87. The number of rotatable bonds is 4. The third kappa shape index (κ3) is 2.91. The Kier molecular flexibility index (Phi) is 4.37. The zero-order valence-corrected chi connectivity index (χ0v) is 12.4. The van der Waals surface area contributed by atoms with E-state index in [4.69, 9.17) is 16.0 Å². The lowest BCUT2D eigenvalue weighted by atomic mass is 10.2. The molecule has 0 aliphatic carbocycles. The Morgan fingerprint density at radius 1 is 1.44 bits per heavy atom. The topological polar surface area (TPSA) is 51.0 Å². The quantitative estimate of drug-likeness (QED) is 0.926. The van der Waals surface area contributed by atoms with Crippen LogP contribution in [0.2, 0.25) is 5.02 Å². The minimum absolute atomic E-state index is 0.0438. The molecule has 0 aliphatic heterocycles. The second-order valence-corrected chi connectivity index (χ2v) is 5.14. The molecule has 1 atom stereocenters. The zero-order chi connectivity index (χ0) is 13.1. The number of hydrogen-bond acceptors (Lipinski definition) is 4. The first-order valence-corrected chi connectivity index (χ1v) is 6.81. The molecule has 2 aromatic rings.